The van der Waals surface area contributed by atoms with Crippen LogP contribution in [0.3, 0.4) is 0 Å². The van der Waals surface area contributed by atoms with Crippen LogP contribution in [0.1, 0.15) is 33.1 Å². The zero-order valence-corrected chi connectivity index (χ0v) is 13.5. The number of ether oxygens (including phenoxy) is 1. The first kappa shape index (κ1) is 17.0. The van der Waals surface area contributed by atoms with Gasteiger partial charge in [-0.05, 0) is 37.6 Å². The van der Waals surface area contributed by atoms with Crippen LogP contribution in [-0.4, -0.2) is 30.9 Å². The Hall–Kier alpha value is -2.37. The summed E-state index contributed by atoms with van der Waals surface area (Å²) in [6, 6.07) is 7.06. The fourth-order valence-corrected chi connectivity index (χ4v) is 2.55. The molecule has 1 aliphatic rings. The van der Waals surface area contributed by atoms with Crippen molar-refractivity contribution in [3.8, 4) is 0 Å². The highest BCUT2D eigenvalue weighted by Crippen LogP contribution is 2.27. The maximum Gasteiger partial charge on any atom is 0.311 e. The van der Waals surface area contributed by atoms with Gasteiger partial charge >= 0.3 is 5.97 Å². The number of rotatable bonds is 6. The van der Waals surface area contributed by atoms with Gasteiger partial charge in [0.1, 0.15) is 0 Å². The van der Waals surface area contributed by atoms with Crippen molar-refractivity contribution in [2.75, 3.05) is 23.4 Å². The Kier molecular flexibility index (Phi) is 5.73. The van der Waals surface area contributed by atoms with Gasteiger partial charge in [-0.1, -0.05) is 6.92 Å². The van der Waals surface area contributed by atoms with Gasteiger partial charge in [-0.25, -0.2) is 0 Å². The fourth-order valence-electron chi connectivity index (χ4n) is 2.55. The van der Waals surface area contributed by atoms with Gasteiger partial charge in [0.2, 0.25) is 11.8 Å². The van der Waals surface area contributed by atoms with Crippen LogP contribution < -0.4 is 10.2 Å². The number of nitrogens with zero attached hydrogens (tertiary/aromatic N) is 1. The molecular formula is C17H22N2O4. The van der Waals surface area contributed by atoms with E-state index in [0.29, 0.717) is 25.3 Å². The highest BCUT2D eigenvalue weighted by atomic mass is 16.5. The second-order valence-corrected chi connectivity index (χ2v) is 5.50. The molecule has 1 N–H and O–H groups in total. The topological polar surface area (TPSA) is 75.7 Å². The molecule has 0 spiro atoms. The van der Waals surface area contributed by atoms with Crippen molar-refractivity contribution in [2.45, 2.75) is 33.1 Å². The van der Waals surface area contributed by atoms with Crippen LogP contribution in [0.4, 0.5) is 11.4 Å². The molecule has 1 fully saturated rings. The lowest BCUT2D eigenvalue weighted by atomic mass is 10.1. The van der Waals surface area contributed by atoms with Crippen molar-refractivity contribution in [1.82, 2.24) is 0 Å². The van der Waals surface area contributed by atoms with E-state index in [-0.39, 0.29) is 24.2 Å². The van der Waals surface area contributed by atoms with Gasteiger partial charge < -0.3 is 15.0 Å². The highest BCUT2D eigenvalue weighted by Gasteiger charge is 2.35. The Bertz CT molecular complexity index is 583. The highest BCUT2D eigenvalue weighted by molar-refractivity contribution is 5.99. The third kappa shape index (κ3) is 4.31. The van der Waals surface area contributed by atoms with Gasteiger partial charge in [0.05, 0.1) is 12.5 Å². The number of hydrogen-bond acceptors (Lipinski definition) is 4. The molecule has 1 heterocycles. The Morgan fingerprint density at radius 3 is 2.57 bits per heavy atom. The van der Waals surface area contributed by atoms with E-state index in [2.05, 4.69) is 5.32 Å². The molecule has 1 atom stereocenters. The van der Waals surface area contributed by atoms with Crippen molar-refractivity contribution in [2.24, 2.45) is 5.92 Å². The largest absolute Gasteiger partial charge is 0.466 e. The second kappa shape index (κ2) is 7.76. The first-order valence-electron chi connectivity index (χ1n) is 7.92. The van der Waals surface area contributed by atoms with Crippen LogP contribution >= 0.6 is 0 Å². The monoisotopic (exact) mass is 318 g/mol. The van der Waals surface area contributed by atoms with Crippen molar-refractivity contribution in [3.63, 3.8) is 0 Å². The van der Waals surface area contributed by atoms with E-state index in [0.717, 1.165) is 12.1 Å². The van der Waals surface area contributed by atoms with Crippen LogP contribution in [0.25, 0.3) is 0 Å². The SMILES string of the molecule is CCCC(=O)Nc1ccc(N2C[C@H](C(=O)OCC)CC2=O)cc1. The predicted molar refractivity (Wildman–Crippen MR) is 87.1 cm³/mol. The molecule has 124 valence electrons. The molecule has 1 saturated heterocycles. The minimum Gasteiger partial charge on any atom is -0.466 e. The molecule has 1 aromatic carbocycles. The summed E-state index contributed by atoms with van der Waals surface area (Å²) in [5.41, 5.74) is 1.41. The lowest BCUT2D eigenvalue weighted by Gasteiger charge is -2.17. The summed E-state index contributed by atoms with van der Waals surface area (Å²) in [5, 5.41) is 2.80. The third-order valence-electron chi connectivity index (χ3n) is 3.68. The maximum atomic E-state index is 12.1. The Labute approximate surface area is 135 Å². The summed E-state index contributed by atoms with van der Waals surface area (Å²) in [6.45, 7) is 4.34. The zero-order valence-electron chi connectivity index (χ0n) is 13.5. The minimum atomic E-state index is -0.411. The average molecular weight is 318 g/mol. The summed E-state index contributed by atoms with van der Waals surface area (Å²) < 4.78 is 4.98. The third-order valence-corrected chi connectivity index (χ3v) is 3.68. The maximum absolute atomic E-state index is 12.1. The van der Waals surface area contributed by atoms with Crippen molar-refractivity contribution >= 4 is 29.2 Å². The van der Waals surface area contributed by atoms with Gasteiger partial charge in [-0.3, -0.25) is 14.4 Å². The number of hydrogen-bond donors (Lipinski definition) is 1. The second-order valence-electron chi connectivity index (χ2n) is 5.50. The number of benzene rings is 1. The first-order chi connectivity index (χ1) is 11.0. The van der Waals surface area contributed by atoms with Crippen molar-refractivity contribution < 1.29 is 19.1 Å². The van der Waals surface area contributed by atoms with E-state index in [4.69, 9.17) is 4.74 Å². The number of amides is 2. The molecular weight excluding hydrogens is 296 g/mol. The number of nitrogens with one attached hydrogen (secondary N) is 1. The quantitative estimate of drug-likeness (QED) is 0.817. The lowest BCUT2D eigenvalue weighted by molar-refractivity contribution is -0.147. The van der Waals surface area contributed by atoms with E-state index in [1.165, 1.54) is 0 Å². The minimum absolute atomic E-state index is 0.0279. The molecule has 0 radical (unpaired) electrons. The molecule has 0 unspecified atom stereocenters. The van der Waals surface area contributed by atoms with E-state index < -0.39 is 5.92 Å². The standard InChI is InChI=1S/C17H22N2O4/c1-3-5-15(20)18-13-6-8-14(9-7-13)19-11-12(10-16(19)21)17(22)23-4-2/h6-9,12H,3-5,10-11H2,1-2H3,(H,18,20)/t12-/m1/s1. The number of carbonyl (C=O) groups excluding carboxylic acids is 3. The Morgan fingerprint density at radius 2 is 1.96 bits per heavy atom. The molecule has 0 aromatic heterocycles. The molecule has 0 aliphatic carbocycles. The van der Waals surface area contributed by atoms with E-state index in [1.54, 1.807) is 36.1 Å². The molecule has 0 saturated carbocycles. The van der Waals surface area contributed by atoms with Gasteiger partial charge in [-0.15, -0.1) is 0 Å². The lowest BCUT2D eigenvalue weighted by Crippen LogP contribution is -2.26. The molecule has 1 aliphatic heterocycles. The van der Waals surface area contributed by atoms with Crippen LogP contribution in [-0.2, 0) is 19.1 Å². The Morgan fingerprint density at radius 1 is 1.26 bits per heavy atom. The Balaban J connectivity index is 2.00. The average Bonchev–Trinajstić information content (AvgIpc) is 2.91. The van der Waals surface area contributed by atoms with Crippen molar-refractivity contribution in [3.05, 3.63) is 24.3 Å². The van der Waals surface area contributed by atoms with E-state index in [9.17, 15) is 14.4 Å². The van der Waals surface area contributed by atoms with Crippen molar-refractivity contribution in [1.29, 1.82) is 0 Å². The number of anilines is 2. The van der Waals surface area contributed by atoms with Gasteiger partial charge in [0, 0.05) is 30.8 Å². The number of esters is 1. The van der Waals surface area contributed by atoms with E-state index >= 15 is 0 Å². The summed E-state index contributed by atoms with van der Waals surface area (Å²) >= 11 is 0. The summed E-state index contributed by atoms with van der Waals surface area (Å²) in [7, 11) is 0. The fraction of sp³-hybridized carbons (Fsp3) is 0.471. The summed E-state index contributed by atoms with van der Waals surface area (Å²) in [4.78, 5) is 37.0. The normalized spacial score (nSPS) is 17.2. The van der Waals surface area contributed by atoms with Crippen LogP contribution in [0.15, 0.2) is 24.3 Å². The van der Waals surface area contributed by atoms with Crippen LogP contribution in [0, 0.1) is 5.92 Å². The molecule has 0 bridgehead atoms. The molecule has 2 amide bonds. The molecule has 2 rings (SSSR count). The summed E-state index contributed by atoms with van der Waals surface area (Å²) in [5.74, 6) is -0.858. The van der Waals surface area contributed by atoms with E-state index in [1.807, 2.05) is 6.92 Å². The zero-order chi connectivity index (χ0) is 16.8. The molecule has 6 nitrogen and oxygen atoms in total. The first-order valence-corrected chi connectivity index (χ1v) is 7.92. The molecule has 1 aromatic rings. The predicted octanol–water partition coefficient (Wildman–Crippen LogP) is 2.34. The number of carbonyl (C=O) groups is 3. The van der Waals surface area contributed by atoms with Gasteiger partial charge in [0.15, 0.2) is 0 Å². The molecule has 6 heteroatoms. The molecule has 23 heavy (non-hydrogen) atoms. The summed E-state index contributed by atoms with van der Waals surface area (Å²) in [6.07, 6.45) is 1.45. The van der Waals surface area contributed by atoms with Gasteiger partial charge in [0.25, 0.3) is 0 Å². The van der Waals surface area contributed by atoms with Gasteiger partial charge in [-0.2, -0.15) is 0 Å². The van der Waals surface area contributed by atoms with Crippen LogP contribution in [0.5, 0.6) is 0 Å². The van der Waals surface area contributed by atoms with Crippen LogP contribution in [0.2, 0.25) is 0 Å². The smallest absolute Gasteiger partial charge is 0.311 e.